The first kappa shape index (κ1) is 14.4. The molecular weight excluding hydrogens is 290 g/mol. The van der Waals surface area contributed by atoms with Crippen LogP contribution in [-0.2, 0) is 4.79 Å². The lowest BCUT2D eigenvalue weighted by molar-refractivity contribution is -0.139. The molecule has 0 bridgehead atoms. The molecule has 0 radical (unpaired) electrons. The molecule has 1 aliphatic carbocycles. The van der Waals surface area contributed by atoms with Gasteiger partial charge in [-0.25, -0.2) is 0 Å². The summed E-state index contributed by atoms with van der Waals surface area (Å²) in [5.41, 5.74) is 1.51. The molecule has 1 heterocycles. The maximum atomic E-state index is 12.5. The van der Waals surface area contributed by atoms with Crippen molar-refractivity contribution in [1.29, 1.82) is 0 Å². The van der Waals surface area contributed by atoms with Crippen LogP contribution in [0.5, 0.6) is 0 Å². The number of hydrogen-bond acceptors (Lipinski definition) is 2. The molecule has 1 aromatic rings. The highest BCUT2D eigenvalue weighted by Crippen LogP contribution is 2.59. The zero-order valence-electron chi connectivity index (χ0n) is 11.9. The number of piperidine rings is 1. The summed E-state index contributed by atoms with van der Waals surface area (Å²) in [6, 6.07) is 5.29. The van der Waals surface area contributed by atoms with Crippen molar-refractivity contribution in [3.63, 3.8) is 0 Å². The Morgan fingerprint density at radius 1 is 1.33 bits per heavy atom. The lowest BCUT2D eigenvalue weighted by atomic mass is 9.90. The van der Waals surface area contributed by atoms with Crippen molar-refractivity contribution in [2.24, 2.45) is 11.3 Å². The number of hydrogen-bond donors (Lipinski definition) is 1. The van der Waals surface area contributed by atoms with E-state index in [0.717, 1.165) is 24.8 Å². The highest BCUT2D eigenvalue weighted by Gasteiger charge is 2.59. The summed E-state index contributed by atoms with van der Waals surface area (Å²) in [5.74, 6) is -0.873. The van der Waals surface area contributed by atoms with Crippen molar-refractivity contribution >= 4 is 23.5 Å². The van der Waals surface area contributed by atoms with Gasteiger partial charge in [0.15, 0.2) is 0 Å². The van der Waals surface area contributed by atoms with E-state index in [9.17, 15) is 9.59 Å². The summed E-state index contributed by atoms with van der Waals surface area (Å²) >= 11 is 5.92. The van der Waals surface area contributed by atoms with E-state index < -0.39 is 5.97 Å². The quantitative estimate of drug-likeness (QED) is 0.914. The fraction of sp³-hybridized carbons (Fsp3) is 0.500. The normalized spacial score (nSPS) is 23.1. The number of aliphatic carboxylic acids is 1. The number of carbonyl (C=O) groups excluding carboxylic acids is 1. The number of amides is 1. The first-order valence-electron chi connectivity index (χ1n) is 7.21. The number of aryl methyl sites for hydroxylation is 1. The molecule has 1 N–H and O–H groups in total. The second kappa shape index (κ2) is 5.02. The topological polar surface area (TPSA) is 57.6 Å². The van der Waals surface area contributed by atoms with Gasteiger partial charge in [0.2, 0.25) is 0 Å². The van der Waals surface area contributed by atoms with Crippen molar-refractivity contribution in [3.8, 4) is 0 Å². The molecule has 1 saturated heterocycles. The number of likely N-dealkylation sites (tertiary alicyclic amines) is 1. The Balaban J connectivity index is 1.67. The number of carbonyl (C=O) groups is 2. The van der Waals surface area contributed by atoms with Crippen molar-refractivity contribution in [3.05, 3.63) is 34.3 Å². The van der Waals surface area contributed by atoms with Gasteiger partial charge in [-0.3, -0.25) is 9.59 Å². The molecule has 1 spiro atoms. The van der Waals surface area contributed by atoms with Crippen LogP contribution in [-0.4, -0.2) is 35.0 Å². The van der Waals surface area contributed by atoms with Crippen molar-refractivity contribution < 1.29 is 14.7 Å². The monoisotopic (exact) mass is 307 g/mol. The number of benzene rings is 1. The van der Waals surface area contributed by atoms with Gasteiger partial charge >= 0.3 is 5.97 Å². The van der Waals surface area contributed by atoms with Crippen LogP contribution in [0.15, 0.2) is 18.2 Å². The number of nitrogens with zero attached hydrogens (tertiary/aromatic N) is 1. The first-order chi connectivity index (χ1) is 9.93. The Bertz CT molecular complexity index is 606. The minimum atomic E-state index is -0.691. The van der Waals surface area contributed by atoms with Crippen LogP contribution in [0, 0.1) is 18.3 Å². The summed E-state index contributed by atoms with van der Waals surface area (Å²) < 4.78 is 0. The fourth-order valence-corrected chi connectivity index (χ4v) is 3.67. The van der Waals surface area contributed by atoms with E-state index in [1.807, 2.05) is 11.8 Å². The Morgan fingerprint density at radius 3 is 2.52 bits per heavy atom. The summed E-state index contributed by atoms with van der Waals surface area (Å²) in [6.07, 6.45) is 2.36. The molecular formula is C16H18ClNO3. The third-order valence-corrected chi connectivity index (χ3v) is 5.19. The molecule has 1 aromatic carbocycles. The molecule has 2 fully saturated rings. The minimum Gasteiger partial charge on any atom is -0.481 e. The fourth-order valence-electron chi connectivity index (χ4n) is 3.44. The van der Waals surface area contributed by atoms with Crippen molar-refractivity contribution in [2.75, 3.05) is 13.1 Å². The molecule has 5 heteroatoms. The Morgan fingerprint density at radius 2 is 2.00 bits per heavy atom. The molecule has 0 aromatic heterocycles. The van der Waals surface area contributed by atoms with Crippen LogP contribution >= 0.6 is 11.6 Å². The standard InChI is InChI=1S/C16H18ClNO3/c1-10-8-11(17)2-3-12(10)14(19)18-6-4-16(5-7-18)9-13(16)15(20)21/h2-3,8,13H,4-7,9H2,1H3,(H,20,21). The van der Waals surface area contributed by atoms with Crippen LogP contribution < -0.4 is 0 Å². The van der Waals surface area contributed by atoms with E-state index in [1.54, 1.807) is 18.2 Å². The molecule has 2 aliphatic rings. The molecule has 1 amide bonds. The zero-order valence-corrected chi connectivity index (χ0v) is 12.7. The van der Waals surface area contributed by atoms with Gasteiger partial charge < -0.3 is 10.0 Å². The van der Waals surface area contributed by atoms with Gasteiger partial charge in [0.25, 0.3) is 5.91 Å². The number of rotatable bonds is 2. The maximum absolute atomic E-state index is 12.5. The third-order valence-electron chi connectivity index (χ3n) is 4.95. The predicted molar refractivity (Wildman–Crippen MR) is 79.5 cm³/mol. The van der Waals surface area contributed by atoms with Gasteiger partial charge in [-0.1, -0.05) is 11.6 Å². The number of carboxylic acid groups (broad SMARTS) is 1. The minimum absolute atomic E-state index is 0.0199. The average Bonchev–Trinajstić information content (AvgIpc) is 3.13. The lowest BCUT2D eigenvalue weighted by Crippen LogP contribution is -2.40. The SMILES string of the molecule is Cc1cc(Cl)ccc1C(=O)N1CCC2(CC1)CC2C(=O)O. The molecule has 21 heavy (non-hydrogen) atoms. The Kier molecular flexibility index (Phi) is 3.44. The van der Waals surface area contributed by atoms with Crippen LogP contribution in [0.1, 0.15) is 35.2 Å². The van der Waals surface area contributed by atoms with Gasteiger partial charge in [0.1, 0.15) is 0 Å². The van der Waals surface area contributed by atoms with Crippen molar-refractivity contribution in [1.82, 2.24) is 4.90 Å². The van der Waals surface area contributed by atoms with Gasteiger partial charge in [-0.2, -0.15) is 0 Å². The highest BCUT2D eigenvalue weighted by molar-refractivity contribution is 6.30. The van der Waals surface area contributed by atoms with Crippen LogP contribution in [0.2, 0.25) is 5.02 Å². The van der Waals surface area contributed by atoms with Gasteiger partial charge in [0.05, 0.1) is 5.92 Å². The van der Waals surface area contributed by atoms with E-state index in [-0.39, 0.29) is 17.2 Å². The summed E-state index contributed by atoms with van der Waals surface area (Å²) in [5, 5.41) is 9.72. The van der Waals surface area contributed by atoms with Crippen LogP contribution in [0.4, 0.5) is 0 Å². The summed E-state index contributed by atoms with van der Waals surface area (Å²) in [7, 11) is 0. The molecule has 1 aliphatic heterocycles. The van der Waals surface area contributed by atoms with Crippen LogP contribution in [0.3, 0.4) is 0 Å². The average molecular weight is 308 g/mol. The zero-order chi connectivity index (χ0) is 15.2. The molecule has 112 valence electrons. The molecule has 3 rings (SSSR count). The van der Waals surface area contributed by atoms with Crippen LogP contribution in [0.25, 0.3) is 0 Å². The second-order valence-electron chi connectivity index (χ2n) is 6.21. The van der Waals surface area contributed by atoms with Crippen molar-refractivity contribution in [2.45, 2.75) is 26.2 Å². The Labute approximate surface area is 128 Å². The smallest absolute Gasteiger partial charge is 0.307 e. The Hall–Kier alpha value is -1.55. The van der Waals surface area contributed by atoms with Gasteiger partial charge in [-0.15, -0.1) is 0 Å². The summed E-state index contributed by atoms with van der Waals surface area (Å²) in [4.78, 5) is 25.4. The molecule has 1 saturated carbocycles. The van der Waals surface area contributed by atoms with E-state index in [1.165, 1.54) is 0 Å². The third kappa shape index (κ3) is 2.53. The predicted octanol–water partition coefficient (Wildman–Crippen LogP) is 2.98. The van der Waals surface area contributed by atoms with Gasteiger partial charge in [-0.05, 0) is 55.4 Å². The highest BCUT2D eigenvalue weighted by atomic mass is 35.5. The molecule has 1 atom stereocenters. The maximum Gasteiger partial charge on any atom is 0.307 e. The lowest BCUT2D eigenvalue weighted by Gasteiger charge is -2.33. The number of halogens is 1. The summed E-state index contributed by atoms with van der Waals surface area (Å²) in [6.45, 7) is 3.17. The first-order valence-corrected chi connectivity index (χ1v) is 7.59. The molecule has 1 unspecified atom stereocenters. The van der Waals surface area contributed by atoms with E-state index >= 15 is 0 Å². The molecule has 4 nitrogen and oxygen atoms in total. The van der Waals surface area contributed by atoms with E-state index in [4.69, 9.17) is 16.7 Å². The van der Waals surface area contributed by atoms with E-state index in [0.29, 0.717) is 23.7 Å². The largest absolute Gasteiger partial charge is 0.481 e. The van der Waals surface area contributed by atoms with Gasteiger partial charge in [0, 0.05) is 23.7 Å². The number of carboxylic acids is 1. The second-order valence-corrected chi connectivity index (χ2v) is 6.65. The van der Waals surface area contributed by atoms with E-state index in [2.05, 4.69) is 0 Å².